The quantitative estimate of drug-likeness (QED) is 0.758. The highest BCUT2D eigenvalue weighted by Gasteiger charge is 2.21. The van der Waals surface area contributed by atoms with Crippen LogP contribution in [0, 0.1) is 0 Å². The Bertz CT molecular complexity index is 836. The molecule has 2 aromatic rings. The van der Waals surface area contributed by atoms with E-state index in [0.717, 1.165) is 30.1 Å². The number of hydrogen-bond donors (Lipinski definition) is 2. The van der Waals surface area contributed by atoms with Gasteiger partial charge in [0, 0.05) is 43.4 Å². The molecule has 3 amide bonds. The second-order valence-corrected chi connectivity index (χ2v) is 7.17. The van der Waals surface area contributed by atoms with Crippen molar-refractivity contribution in [3.8, 4) is 5.75 Å². The Balaban J connectivity index is 1.37. The van der Waals surface area contributed by atoms with Crippen LogP contribution < -0.4 is 20.3 Å². The van der Waals surface area contributed by atoms with Gasteiger partial charge in [0.05, 0.1) is 13.7 Å². The third-order valence-corrected chi connectivity index (χ3v) is 5.02. The van der Waals surface area contributed by atoms with Crippen LogP contribution in [0.5, 0.6) is 5.75 Å². The van der Waals surface area contributed by atoms with E-state index < -0.39 is 0 Å². The first-order valence-corrected chi connectivity index (χ1v) is 9.86. The van der Waals surface area contributed by atoms with Gasteiger partial charge in [0.1, 0.15) is 5.75 Å². The Morgan fingerprint density at radius 2 is 1.76 bits per heavy atom. The van der Waals surface area contributed by atoms with Gasteiger partial charge in [-0.2, -0.15) is 0 Å². The summed E-state index contributed by atoms with van der Waals surface area (Å²) in [5, 5.41) is 6.18. The molecule has 7 nitrogen and oxygen atoms in total. The van der Waals surface area contributed by atoms with E-state index in [1.54, 1.807) is 12.0 Å². The first-order valence-electron chi connectivity index (χ1n) is 9.48. The van der Waals surface area contributed by atoms with E-state index in [2.05, 4.69) is 15.5 Å². The predicted molar refractivity (Wildman–Crippen MR) is 113 cm³/mol. The minimum Gasteiger partial charge on any atom is -0.497 e. The van der Waals surface area contributed by atoms with E-state index in [9.17, 15) is 9.59 Å². The van der Waals surface area contributed by atoms with Crippen molar-refractivity contribution in [2.75, 3.05) is 44.7 Å². The molecule has 0 atom stereocenters. The highest BCUT2D eigenvalue weighted by atomic mass is 35.5. The lowest BCUT2D eigenvalue weighted by atomic mass is 10.2. The van der Waals surface area contributed by atoms with Crippen molar-refractivity contribution in [2.45, 2.75) is 6.54 Å². The highest BCUT2D eigenvalue weighted by Crippen LogP contribution is 2.20. The zero-order valence-corrected chi connectivity index (χ0v) is 17.1. The molecular formula is C21H25ClN4O3. The number of halogens is 1. The Morgan fingerprint density at radius 1 is 1.03 bits per heavy atom. The molecule has 3 rings (SSSR count). The number of urea groups is 1. The minimum absolute atomic E-state index is 0.0521. The third-order valence-electron chi connectivity index (χ3n) is 4.79. The number of nitrogens with one attached hydrogen (secondary N) is 2. The molecule has 0 radical (unpaired) electrons. The summed E-state index contributed by atoms with van der Waals surface area (Å²) in [5.41, 5.74) is 2.01. The van der Waals surface area contributed by atoms with Crippen molar-refractivity contribution in [2.24, 2.45) is 0 Å². The van der Waals surface area contributed by atoms with Crippen LogP contribution in [0.25, 0.3) is 0 Å². The molecule has 0 aromatic heterocycles. The molecule has 0 spiro atoms. The molecular weight excluding hydrogens is 392 g/mol. The van der Waals surface area contributed by atoms with E-state index in [1.807, 2.05) is 48.5 Å². The number of anilines is 1. The first-order chi connectivity index (χ1) is 14.0. The van der Waals surface area contributed by atoms with Crippen molar-refractivity contribution < 1.29 is 14.3 Å². The normalized spacial score (nSPS) is 13.7. The van der Waals surface area contributed by atoms with Crippen molar-refractivity contribution in [3.05, 3.63) is 59.1 Å². The zero-order valence-electron chi connectivity index (χ0n) is 16.4. The summed E-state index contributed by atoms with van der Waals surface area (Å²) >= 11 is 6.05. The smallest absolute Gasteiger partial charge is 0.317 e. The Labute approximate surface area is 175 Å². The number of benzene rings is 2. The van der Waals surface area contributed by atoms with Crippen LogP contribution in [-0.2, 0) is 11.3 Å². The average molecular weight is 417 g/mol. The maximum absolute atomic E-state index is 12.3. The number of amides is 3. The fraction of sp³-hybridized carbons (Fsp3) is 0.333. The Hall–Kier alpha value is -2.93. The molecule has 8 heteroatoms. The molecule has 2 N–H and O–H groups in total. The van der Waals surface area contributed by atoms with Crippen molar-refractivity contribution in [1.29, 1.82) is 0 Å². The van der Waals surface area contributed by atoms with Gasteiger partial charge in [-0.3, -0.25) is 4.79 Å². The van der Waals surface area contributed by atoms with Crippen molar-refractivity contribution in [1.82, 2.24) is 15.5 Å². The summed E-state index contributed by atoms with van der Waals surface area (Å²) in [6.45, 7) is 2.97. The van der Waals surface area contributed by atoms with Gasteiger partial charge >= 0.3 is 6.03 Å². The van der Waals surface area contributed by atoms with Crippen molar-refractivity contribution >= 4 is 29.2 Å². The second kappa shape index (κ2) is 10.0. The fourth-order valence-electron chi connectivity index (χ4n) is 3.11. The molecule has 1 fully saturated rings. The predicted octanol–water partition coefficient (Wildman–Crippen LogP) is 2.50. The van der Waals surface area contributed by atoms with E-state index >= 15 is 0 Å². The SMILES string of the molecule is COc1ccc(CNC(=O)CNC(=O)N2CCN(c3cccc(Cl)c3)CC2)cc1. The minimum atomic E-state index is -0.230. The summed E-state index contributed by atoms with van der Waals surface area (Å²) < 4.78 is 5.11. The second-order valence-electron chi connectivity index (χ2n) is 6.74. The number of methoxy groups -OCH3 is 1. The maximum atomic E-state index is 12.3. The molecule has 0 unspecified atom stereocenters. The fourth-order valence-corrected chi connectivity index (χ4v) is 3.30. The lowest BCUT2D eigenvalue weighted by Gasteiger charge is -2.36. The number of hydrogen-bond acceptors (Lipinski definition) is 4. The lowest BCUT2D eigenvalue weighted by molar-refractivity contribution is -0.120. The number of piperazine rings is 1. The lowest BCUT2D eigenvalue weighted by Crippen LogP contribution is -2.53. The molecule has 0 aliphatic carbocycles. The van der Waals surface area contributed by atoms with Gasteiger partial charge in [0.25, 0.3) is 0 Å². The molecule has 1 aliphatic heterocycles. The molecule has 1 aliphatic rings. The highest BCUT2D eigenvalue weighted by molar-refractivity contribution is 6.30. The monoisotopic (exact) mass is 416 g/mol. The molecule has 29 heavy (non-hydrogen) atoms. The maximum Gasteiger partial charge on any atom is 0.317 e. The van der Waals surface area contributed by atoms with E-state index in [-0.39, 0.29) is 18.5 Å². The van der Waals surface area contributed by atoms with Crippen LogP contribution in [0.3, 0.4) is 0 Å². The molecule has 0 bridgehead atoms. The Kier molecular flexibility index (Phi) is 7.19. The van der Waals surface area contributed by atoms with E-state index in [4.69, 9.17) is 16.3 Å². The van der Waals surface area contributed by atoms with E-state index in [1.165, 1.54) is 0 Å². The standard InChI is InChI=1S/C21H25ClN4O3/c1-29-19-7-5-16(6-8-19)14-23-20(27)15-24-21(28)26-11-9-25(10-12-26)18-4-2-3-17(22)13-18/h2-8,13H,9-12,14-15H2,1H3,(H,23,27)(H,24,28). The molecule has 1 saturated heterocycles. The zero-order chi connectivity index (χ0) is 20.6. The molecule has 1 heterocycles. The summed E-state index contributed by atoms with van der Waals surface area (Å²) in [6.07, 6.45) is 0. The molecule has 2 aromatic carbocycles. The van der Waals surface area contributed by atoms with Crippen LogP contribution in [0.15, 0.2) is 48.5 Å². The van der Waals surface area contributed by atoms with Crippen LogP contribution in [0.2, 0.25) is 5.02 Å². The summed E-state index contributed by atoms with van der Waals surface area (Å²) in [6, 6.07) is 14.9. The van der Waals surface area contributed by atoms with Gasteiger partial charge in [0.2, 0.25) is 5.91 Å². The third kappa shape index (κ3) is 6.02. The van der Waals surface area contributed by atoms with Crippen LogP contribution >= 0.6 is 11.6 Å². The van der Waals surface area contributed by atoms with Crippen LogP contribution in [0.1, 0.15) is 5.56 Å². The number of rotatable bonds is 6. The molecule has 0 saturated carbocycles. The van der Waals surface area contributed by atoms with Crippen molar-refractivity contribution in [3.63, 3.8) is 0 Å². The van der Waals surface area contributed by atoms with Crippen LogP contribution in [-0.4, -0.2) is 56.7 Å². The number of nitrogens with zero attached hydrogens (tertiary/aromatic N) is 2. The molecule has 154 valence electrons. The van der Waals surface area contributed by atoms with Gasteiger partial charge in [-0.25, -0.2) is 4.79 Å². The number of carbonyl (C=O) groups excluding carboxylic acids is 2. The van der Waals surface area contributed by atoms with E-state index in [0.29, 0.717) is 24.7 Å². The van der Waals surface area contributed by atoms with Gasteiger partial charge in [-0.15, -0.1) is 0 Å². The van der Waals surface area contributed by atoms with Gasteiger partial charge in [-0.05, 0) is 35.9 Å². The summed E-state index contributed by atoms with van der Waals surface area (Å²) in [7, 11) is 1.61. The summed E-state index contributed by atoms with van der Waals surface area (Å²) in [4.78, 5) is 28.2. The van der Waals surface area contributed by atoms with Gasteiger partial charge < -0.3 is 25.2 Å². The number of carbonyl (C=O) groups is 2. The Morgan fingerprint density at radius 3 is 2.41 bits per heavy atom. The number of ether oxygens (including phenoxy) is 1. The summed E-state index contributed by atoms with van der Waals surface area (Å²) in [5.74, 6) is 0.537. The van der Waals surface area contributed by atoms with Gasteiger partial charge in [-0.1, -0.05) is 29.8 Å². The van der Waals surface area contributed by atoms with Gasteiger partial charge in [0.15, 0.2) is 0 Å². The largest absolute Gasteiger partial charge is 0.497 e. The van der Waals surface area contributed by atoms with Crippen LogP contribution in [0.4, 0.5) is 10.5 Å². The average Bonchev–Trinajstić information content (AvgIpc) is 2.76. The first kappa shape index (κ1) is 20.8. The topological polar surface area (TPSA) is 73.9 Å².